The van der Waals surface area contributed by atoms with Crippen LogP contribution in [-0.4, -0.2) is 70.9 Å². The summed E-state index contributed by atoms with van der Waals surface area (Å²) in [6.45, 7) is 4.06. The van der Waals surface area contributed by atoms with Crippen LogP contribution in [0.1, 0.15) is 49.5 Å². The molecule has 3 N–H and O–H groups in total. The number of hydrogen-bond donors (Lipinski definition) is 3. The van der Waals surface area contributed by atoms with E-state index in [0.717, 1.165) is 36.6 Å². The third-order valence-corrected chi connectivity index (χ3v) is 6.47. The zero-order valence-electron chi connectivity index (χ0n) is 18.0. The molecule has 2 aliphatic rings. The predicted molar refractivity (Wildman–Crippen MR) is 119 cm³/mol. The summed E-state index contributed by atoms with van der Waals surface area (Å²) in [5, 5.41) is 6.41. The fourth-order valence-corrected chi connectivity index (χ4v) is 4.52. The van der Waals surface area contributed by atoms with Crippen LogP contribution in [0.3, 0.4) is 0 Å². The molecule has 0 radical (unpaired) electrons. The van der Waals surface area contributed by atoms with Crippen LogP contribution in [0.25, 0.3) is 10.9 Å². The standard InChI is InChI=1S/C23H31N5O3/c1-16(21(29)26-23(31)24-18-8-3-2-4-9-18)27-11-13-28(14-12-27)22(30)20-15-17-7-5-6-10-19(17)25-20/h5-7,10,15-16,18,25H,2-4,8-9,11-14H2,1H3,(H2,24,26,29,31). The molecule has 8 nitrogen and oxygen atoms in total. The van der Waals surface area contributed by atoms with Gasteiger partial charge in [0, 0.05) is 43.1 Å². The second-order valence-corrected chi connectivity index (χ2v) is 8.57. The molecular weight excluding hydrogens is 394 g/mol. The van der Waals surface area contributed by atoms with Gasteiger partial charge >= 0.3 is 6.03 Å². The normalized spacial score (nSPS) is 19.2. The summed E-state index contributed by atoms with van der Waals surface area (Å²) in [6, 6.07) is 9.03. The maximum atomic E-state index is 12.9. The predicted octanol–water partition coefficient (Wildman–Crippen LogP) is 2.47. The molecule has 2 aromatic rings. The number of amides is 4. The van der Waals surface area contributed by atoms with Gasteiger partial charge in [0.25, 0.3) is 5.91 Å². The average Bonchev–Trinajstić information content (AvgIpc) is 3.23. The smallest absolute Gasteiger partial charge is 0.321 e. The van der Waals surface area contributed by atoms with Crippen LogP contribution in [0, 0.1) is 0 Å². The quantitative estimate of drug-likeness (QED) is 0.701. The highest BCUT2D eigenvalue weighted by atomic mass is 16.2. The van der Waals surface area contributed by atoms with Crippen molar-refractivity contribution < 1.29 is 14.4 Å². The molecule has 8 heteroatoms. The first-order valence-corrected chi connectivity index (χ1v) is 11.2. The molecule has 4 rings (SSSR count). The molecule has 4 amide bonds. The monoisotopic (exact) mass is 425 g/mol. The molecule has 2 heterocycles. The third-order valence-electron chi connectivity index (χ3n) is 6.47. The third kappa shape index (κ3) is 5.07. The molecule has 166 valence electrons. The zero-order valence-corrected chi connectivity index (χ0v) is 18.0. The van der Waals surface area contributed by atoms with Crippen molar-refractivity contribution in [1.82, 2.24) is 25.4 Å². The molecule has 1 aromatic carbocycles. The summed E-state index contributed by atoms with van der Waals surface area (Å²) >= 11 is 0. The molecule has 1 saturated heterocycles. The van der Waals surface area contributed by atoms with Crippen molar-refractivity contribution in [2.75, 3.05) is 26.2 Å². The van der Waals surface area contributed by atoms with E-state index in [1.54, 1.807) is 6.92 Å². The van der Waals surface area contributed by atoms with Crippen molar-refractivity contribution in [3.8, 4) is 0 Å². The lowest BCUT2D eigenvalue weighted by molar-refractivity contribution is -0.125. The fourth-order valence-electron chi connectivity index (χ4n) is 4.52. The molecule has 2 fully saturated rings. The van der Waals surface area contributed by atoms with Gasteiger partial charge in [-0.2, -0.15) is 0 Å². The number of hydrogen-bond acceptors (Lipinski definition) is 4. The van der Waals surface area contributed by atoms with Crippen LogP contribution in [0.4, 0.5) is 4.79 Å². The molecule has 0 bridgehead atoms. The summed E-state index contributed by atoms with van der Waals surface area (Å²) in [7, 11) is 0. The van der Waals surface area contributed by atoms with Crippen LogP contribution in [0.2, 0.25) is 0 Å². The summed E-state index contributed by atoms with van der Waals surface area (Å²) in [6.07, 6.45) is 5.41. The first-order valence-electron chi connectivity index (χ1n) is 11.2. The zero-order chi connectivity index (χ0) is 21.8. The average molecular weight is 426 g/mol. The van der Waals surface area contributed by atoms with Gasteiger partial charge in [-0.05, 0) is 31.9 Å². The lowest BCUT2D eigenvalue weighted by atomic mass is 9.96. The Morgan fingerprint density at radius 3 is 2.45 bits per heavy atom. The molecule has 1 saturated carbocycles. The van der Waals surface area contributed by atoms with Crippen LogP contribution in [-0.2, 0) is 4.79 Å². The molecule has 1 aromatic heterocycles. The molecular formula is C23H31N5O3. The molecule has 1 aliphatic heterocycles. The Kier molecular flexibility index (Phi) is 6.56. The molecule has 0 spiro atoms. The minimum absolute atomic E-state index is 0.0279. The van der Waals surface area contributed by atoms with Crippen molar-refractivity contribution in [3.05, 3.63) is 36.0 Å². The van der Waals surface area contributed by atoms with Crippen molar-refractivity contribution in [2.24, 2.45) is 0 Å². The Labute approximate surface area is 182 Å². The van der Waals surface area contributed by atoms with Gasteiger partial charge in [-0.15, -0.1) is 0 Å². The summed E-state index contributed by atoms with van der Waals surface area (Å²) in [5.41, 5.74) is 1.53. The lowest BCUT2D eigenvalue weighted by Crippen LogP contribution is -2.56. The van der Waals surface area contributed by atoms with Gasteiger partial charge < -0.3 is 15.2 Å². The summed E-state index contributed by atoms with van der Waals surface area (Å²) < 4.78 is 0. The van der Waals surface area contributed by atoms with Gasteiger partial charge in [-0.3, -0.25) is 19.8 Å². The molecule has 1 unspecified atom stereocenters. The van der Waals surface area contributed by atoms with E-state index in [0.29, 0.717) is 31.9 Å². The largest absolute Gasteiger partial charge is 0.351 e. The van der Waals surface area contributed by atoms with Crippen molar-refractivity contribution in [2.45, 2.75) is 51.1 Å². The number of benzene rings is 1. The van der Waals surface area contributed by atoms with E-state index in [4.69, 9.17) is 0 Å². The highest BCUT2D eigenvalue weighted by Crippen LogP contribution is 2.18. The Morgan fingerprint density at radius 1 is 1.03 bits per heavy atom. The Bertz CT molecular complexity index is 909. The second-order valence-electron chi connectivity index (χ2n) is 8.57. The van der Waals surface area contributed by atoms with Gasteiger partial charge in [0.15, 0.2) is 0 Å². The number of fused-ring (bicyclic) bond motifs is 1. The number of rotatable bonds is 4. The van der Waals surface area contributed by atoms with Gasteiger partial charge in [0.05, 0.1) is 6.04 Å². The van der Waals surface area contributed by atoms with E-state index in [2.05, 4.69) is 15.6 Å². The number of para-hydroxylation sites is 1. The number of aromatic amines is 1. The Morgan fingerprint density at radius 2 is 1.74 bits per heavy atom. The molecule has 1 atom stereocenters. The minimum Gasteiger partial charge on any atom is -0.351 e. The maximum Gasteiger partial charge on any atom is 0.321 e. The number of urea groups is 1. The van der Waals surface area contributed by atoms with Gasteiger partial charge in [0.1, 0.15) is 5.69 Å². The number of carbonyl (C=O) groups is 3. The number of piperazine rings is 1. The first kappa shape index (κ1) is 21.4. The minimum atomic E-state index is -0.428. The van der Waals surface area contributed by atoms with E-state index in [9.17, 15) is 14.4 Å². The van der Waals surface area contributed by atoms with E-state index in [-0.39, 0.29) is 17.9 Å². The number of aromatic nitrogens is 1. The van der Waals surface area contributed by atoms with E-state index < -0.39 is 12.1 Å². The summed E-state index contributed by atoms with van der Waals surface area (Å²) in [5.74, 6) is -0.330. The number of nitrogens with zero attached hydrogens (tertiary/aromatic N) is 2. The highest BCUT2D eigenvalue weighted by Gasteiger charge is 2.29. The van der Waals surface area contributed by atoms with Gasteiger partial charge in [0.2, 0.25) is 5.91 Å². The first-order chi connectivity index (χ1) is 15.0. The SMILES string of the molecule is CC(C(=O)NC(=O)NC1CCCCC1)N1CCN(C(=O)c2cc3ccccc3[nH]2)CC1. The maximum absolute atomic E-state index is 12.9. The van der Waals surface area contributed by atoms with E-state index in [1.165, 1.54) is 6.42 Å². The number of nitrogens with one attached hydrogen (secondary N) is 3. The number of imide groups is 1. The highest BCUT2D eigenvalue weighted by molar-refractivity contribution is 5.98. The van der Waals surface area contributed by atoms with E-state index >= 15 is 0 Å². The van der Waals surface area contributed by atoms with Gasteiger partial charge in [-0.1, -0.05) is 37.5 Å². The van der Waals surface area contributed by atoms with Crippen molar-refractivity contribution in [3.63, 3.8) is 0 Å². The van der Waals surface area contributed by atoms with Gasteiger partial charge in [-0.25, -0.2) is 4.79 Å². The van der Waals surface area contributed by atoms with E-state index in [1.807, 2.05) is 40.1 Å². The number of carbonyl (C=O) groups excluding carboxylic acids is 3. The van der Waals surface area contributed by atoms with Crippen LogP contribution >= 0.6 is 0 Å². The van der Waals surface area contributed by atoms with Crippen LogP contribution in [0.15, 0.2) is 30.3 Å². The van der Waals surface area contributed by atoms with Crippen LogP contribution < -0.4 is 10.6 Å². The second kappa shape index (κ2) is 9.51. The molecule has 31 heavy (non-hydrogen) atoms. The lowest BCUT2D eigenvalue weighted by Gasteiger charge is -2.37. The Hall–Kier alpha value is -2.87. The topological polar surface area (TPSA) is 97.5 Å². The Balaban J connectivity index is 1.26. The van der Waals surface area contributed by atoms with Crippen molar-refractivity contribution >= 4 is 28.7 Å². The molecule has 1 aliphatic carbocycles. The fraction of sp³-hybridized carbons (Fsp3) is 0.522. The summed E-state index contributed by atoms with van der Waals surface area (Å²) in [4.78, 5) is 44.6. The number of H-pyrrole nitrogens is 1. The van der Waals surface area contributed by atoms with Crippen LogP contribution in [0.5, 0.6) is 0 Å². The van der Waals surface area contributed by atoms with Crippen molar-refractivity contribution in [1.29, 1.82) is 0 Å².